The highest BCUT2D eigenvalue weighted by molar-refractivity contribution is 5.85. The van der Waals surface area contributed by atoms with E-state index in [0.717, 1.165) is 19.1 Å². The highest BCUT2D eigenvalue weighted by atomic mass is 35.5. The molecule has 114 valence electrons. The van der Waals surface area contributed by atoms with Crippen molar-refractivity contribution in [2.45, 2.75) is 32.5 Å². The third-order valence-corrected chi connectivity index (χ3v) is 4.37. The van der Waals surface area contributed by atoms with Crippen molar-refractivity contribution in [3.63, 3.8) is 0 Å². The summed E-state index contributed by atoms with van der Waals surface area (Å²) in [6, 6.07) is 0.782. The fourth-order valence-electron chi connectivity index (χ4n) is 3.16. The van der Waals surface area contributed by atoms with Crippen LogP contribution in [0.5, 0.6) is 0 Å². The molecule has 3 heterocycles. The van der Waals surface area contributed by atoms with E-state index in [2.05, 4.69) is 33.3 Å². The van der Waals surface area contributed by atoms with Crippen molar-refractivity contribution in [2.75, 3.05) is 39.3 Å². The maximum atomic E-state index is 4.35. The van der Waals surface area contributed by atoms with Crippen LogP contribution in [-0.2, 0) is 13.1 Å². The fraction of sp³-hybridized carbons (Fsp3) is 0.786. The molecule has 1 aromatic heterocycles. The zero-order valence-corrected chi connectivity index (χ0v) is 13.1. The van der Waals surface area contributed by atoms with Crippen LogP contribution < -0.4 is 5.32 Å². The molecule has 0 radical (unpaired) electrons. The molecule has 2 saturated heterocycles. The van der Waals surface area contributed by atoms with E-state index in [4.69, 9.17) is 0 Å². The Hall–Kier alpha value is -0.620. The van der Waals surface area contributed by atoms with E-state index >= 15 is 0 Å². The minimum absolute atomic E-state index is 0. The van der Waals surface area contributed by atoms with Crippen molar-refractivity contribution in [1.82, 2.24) is 24.9 Å². The van der Waals surface area contributed by atoms with Crippen molar-refractivity contribution in [3.8, 4) is 0 Å². The van der Waals surface area contributed by atoms with E-state index < -0.39 is 0 Å². The first-order chi connectivity index (χ1) is 9.35. The Labute approximate surface area is 127 Å². The second-order valence-corrected chi connectivity index (χ2v) is 5.66. The van der Waals surface area contributed by atoms with Crippen LogP contribution in [0.25, 0.3) is 0 Å². The molecule has 20 heavy (non-hydrogen) atoms. The van der Waals surface area contributed by atoms with Gasteiger partial charge in [-0.15, -0.1) is 12.4 Å². The maximum Gasteiger partial charge on any atom is 0.0534 e. The molecule has 1 aromatic rings. The highest BCUT2D eigenvalue weighted by Crippen LogP contribution is 2.13. The van der Waals surface area contributed by atoms with Gasteiger partial charge in [0.25, 0.3) is 0 Å². The molecule has 1 unspecified atom stereocenters. The number of hydrogen-bond donors (Lipinski definition) is 1. The van der Waals surface area contributed by atoms with Crippen LogP contribution in [0, 0.1) is 0 Å². The summed E-state index contributed by atoms with van der Waals surface area (Å²) in [7, 11) is 0. The summed E-state index contributed by atoms with van der Waals surface area (Å²) in [5.74, 6) is 0. The monoisotopic (exact) mass is 299 g/mol. The van der Waals surface area contributed by atoms with Gasteiger partial charge in [-0.2, -0.15) is 5.10 Å². The molecule has 0 aromatic carbocycles. The smallest absolute Gasteiger partial charge is 0.0534 e. The van der Waals surface area contributed by atoms with Crippen LogP contribution in [0.1, 0.15) is 18.9 Å². The lowest BCUT2D eigenvalue weighted by molar-refractivity contribution is 0.0981. The van der Waals surface area contributed by atoms with Gasteiger partial charge in [-0.3, -0.25) is 14.5 Å². The number of piperazine rings is 1. The van der Waals surface area contributed by atoms with E-state index in [0.29, 0.717) is 0 Å². The molecular weight excluding hydrogens is 274 g/mol. The molecule has 0 saturated carbocycles. The van der Waals surface area contributed by atoms with Gasteiger partial charge in [-0.05, 0) is 19.9 Å². The number of nitrogens with zero attached hydrogens (tertiary/aromatic N) is 4. The fourth-order valence-corrected chi connectivity index (χ4v) is 3.16. The van der Waals surface area contributed by atoms with Crippen LogP contribution >= 0.6 is 12.4 Å². The summed E-state index contributed by atoms with van der Waals surface area (Å²) >= 11 is 0. The van der Waals surface area contributed by atoms with E-state index in [9.17, 15) is 0 Å². The first kappa shape index (κ1) is 15.8. The van der Waals surface area contributed by atoms with E-state index in [1.54, 1.807) is 0 Å². The van der Waals surface area contributed by atoms with Gasteiger partial charge in [-0.25, -0.2) is 0 Å². The molecule has 0 amide bonds. The topological polar surface area (TPSA) is 36.3 Å². The lowest BCUT2D eigenvalue weighted by atomic mass is 10.2. The Morgan fingerprint density at radius 2 is 2.10 bits per heavy atom. The largest absolute Gasteiger partial charge is 0.315 e. The second kappa shape index (κ2) is 7.41. The summed E-state index contributed by atoms with van der Waals surface area (Å²) in [5.41, 5.74) is 1.35. The van der Waals surface area contributed by atoms with Crippen LogP contribution in [0.2, 0.25) is 0 Å². The SMILES string of the molecule is CCn1cc(CN2CCN(C3CCNC3)CC2)cn1.Cl. The van der Waals surface area contributed by atoms with E-state index in [1.165, 1.54) is 51.3 Å². The number of aryl methyl sites for hydroxylation is 1. The third kappa shape index (κ3) is 3.73. The minimum atomic E-state index is 0. The Morgan fingerprint density at radius 3 is 2.70 bits per heavy atom. The first-order valence-electron chi connectivity index (χ1n) is 7.53. The van der Waals surface area contributed by atoms with Crippen LogP contribution in [0.3, 0.4) is 0 Å². The molecule has 0 aliphatic carbocycles. The van der Waals surface area contributed by atoms with Gasteiger partial charge >= 0.3 is 0 Å². The first-order valence-corrected chi connectivity index (χ1v) is 7.53. The molecule has 0 bridgehead atoms. The average Bonchev–Trinajstić information content (AvgIpc) is 3.10. The Morgan fingerprint density at radius 1 is 1.30 bits per heavy atom. The molecule has 1 atom stereocenters. The van der Waals surface area contributed by atoms with Gasteiger partial charge in [-0.1, -0.05) is 0 Å². The van der Waals surface area contributed by atoms with Gasteiger partial charge in [0.2, 0.25) is 0 Å². The zero-order valence-electron chi connectivity index (χ0n) is 12.3. The molecule has 2 fully saturated rings. The molecular formula is C14H26ClN5. The Kier molecular flexibility index (Phi) is 5.84. The maximum absolute atomic E-state index is 4.35. The summed E-state index contributed by atoms with van der Waals surface area (Å²) in [4.78, 5) is 5.21. The molecule has 1 N–H and O–H groups in total. The molecule has 6 heteroatoms. The molecule has 2 aliphatic rings. The van der Waals surface area contributed by atoms with Crippen molar-refractivity contribution in [3.05, 3.63) is 18.0 Å². The summed E-state index contributed by atoms with van der Waals surface area (Å²) in [6.45, 7) is 11.3. The predicted octanol–water partition coefficient (Wildman–Crippen LogP) is 0.804. The van der Waals surface area contributed by atoms with Crippen molar-refractivity contribution in [1.29, 1.82) is 0 Å². The van der Waals surface area contributed by atoms with Gasteiger partial charge < -0.3 is 5.32 Å². The van der Waals surface area contributed by atoms with Gasteiger partial charge in [0, 0.05) is 63.6 Å². The van der Waals surface area contributed by atoms with Gasteiger partial charge in [0.1, 0.15) is 0 Å². The van der Waals surface area contributed by atoms with Crippen molar-refractivity contribution < 1.29 is 0 Å². The van der Waals surface area contributed by atoms with Crippen LogP contribution in [0.4, 0.5) is 0 Å². The third-order valence-electron chi connectivity index (χ3n) is 4.37. The highest BCUT2D eigenvalue weighted by Gasteiger charge is 2.25. The Bertz CT molecular complexity index is 394. The molecule has 0 spiro atoms. The average molecular weight is 300 g/mol. The summed E-state index contributed by atoms with van der Waals surface area (Å²) < 4.78 is 2.01. The predicted molar refractivity (Wildman–Crippen MR) is 83.3 cm³/mol. The number of rotatable bonds is 4. The zero-order chi connectivity index (χ0) is 13.1. The van der Waals surface area contributed by atoms with Crippen LogP contribution in [0.15, 0.2) is 12.4 Å². The normalized spacial score (nSPS) is 24.8. The van der Waals surface area contributed by atoms with E-state index in [1.807, 2.05) is 10.9 Å². The van der Waals surface area contributed by atoms with Crippen LogP contribution in [-0.4, -0.2) is 64.9 Å². The second-order valence-electron chi connectivity index (χ2n) is 5.66. The molecule has 2 aliphatic heterocycles. The summed E-state index contributed by atoms with van der Waals surface area (Å²) in [6.07, 6.45) is 5.51. The summed E-state index contributed by atoms with van der Waals surface area (Å²) in [5, 5.41) is 7.81. The number of hydrogen-bond acceptors (Lipinski definition) is 4. The lowest BCUT2D eigenvalue weighted by Crippen LogP contribution is -2.50. The van der Waals surface area contributed by atoms with Gasteiger partial charge in [0.05, 0.1) is 6.20 Å². The standard InChI is InChI=1S/C14H25N5.ClH/c1-2-19-12-13(9-16-19)11-17-5-7-18(8-6-17)14-3-4-15-10-14;/h9,12,14-15H,2-8,10-11H2,1H3;1H. The Balaban J connectivity index is 0.00000147. The molecule has 5 nitrogen and oxygen atoms in total. The number of nitrogens with one attached hydrogen (secondary N) is 1. The quantitative estimate of drug-likeness (QED) is 0.892. The number of aromatic nitrogens is 2. The van der Waals surface area contributed by atoms with Gasteiger partial charge in [0.15, 0.2) is 0 Å². The number of halogens is 1. The van der Waals surface area contributed by atoms with E-state index in [-0.39, 0.29) is 12.4 Å². The minimum Gasteiger partial charge on any atom is -0.315 e. The van der Waals surface area contributed by atoms with Crippen molar-refractivity contribution >= 4 is 12.4 Å². The van der Waals surface area contributed by atoms with Crippen molar-refractivity contribution in [2.24, 2.45) is 0 Å². The lowest BCUT2D eigenvalue weighted by Gasteiger charge is -2.37. The molecule has 3 rings (SSSR count).